The number of hydrogen-bond donors (Lipinski definition) is 5. The van der Waals surface area contributed by atoms with E-state index in [1.165, 1.54) is 6.08 Å². The molecule has 0 aliphatic rings. The molecule has 11 nitrogen and oxygen atoms in total. The predicted octanol–water partition coefficient (Wildman–Crippen LogP) is -2.48. The second-order valence-corrected chi connectivity index (χ2v) is 4.94. The summed E-state index contributed by atoms with van der Waals surface area (Å²) in [4.78, 5) is 31.0. The third kappa shape index (κ3) is 3.10. The molecule has 0 saturated heterocycles. The number of nitrogen functional groups attached to an aromatic ring is 1. The fraction of sp³-hybridized carbons (Fsp3) is 0.462. The fourth-order valence-electron chi connectivity index (χ4n) is 2.31. The third-order valence-corrected chi connectivity index (χ3v) is 3.34. The number of allylic oxidation sites excluding steroid dienone is 1. The fourth-order valence-corrected chi connectivity index (χ4v) is 2.31. The Morgan fingerprint density at radius 2 is 1.96 bits per heavy atom. The molecule has 0 fully saturated rings. The summed E-state index contributed by atoms with van der Waals surface area (Å²) in [6.07, 6.45) is -0.879. The number of nitrogens with two attached hydrogens (primary N) is 1. The van der Waals surface area contributed by atoms with Crippen LogP contribution in [0.3, 0.4) is 0 Å². The average molecular weight is 341 g/mol. The molecule has 0 aromatic carbocycles. The van der Waals surface area contributed by atoms with Gasteiger partial charge in [-0.15, -0.1) is 6.58 Å². The highest BCUT2D eigenvalue weighted by Gasteiger charge is 2.25. The van der Waals surface area contributed by atoms with Crippen LogP contribution in [0, 0.1) is 0 Å². The van der Waals surface area contributed by atoms with Gasteiger partial charge in [-0.25, -0.2) is 9.36 Å². The van der Waals surface area contributed by atoms with Gasteiger partial charge in [0, 0.05) is 6.54 Å². The molecule has 0 amide bonds. The van der Waals surface area contributed by atoms with Crippen LogP contribution in [0.5, 0.6) is 0 Å². The van der Waals surface area contributed by atoms with Crippen LogP contribution in [-0.2, 0) is 11.3 Å². The van der Waals surface area contributed by atoms with Gasteiger partial charge in [-0.1, -0.05) is 6.08 Å². The number of aliphatic hydroxyl groups is 3. The van der Waals surface area contributed by atoms with Gasteiger partial charge in [0.15, 0.2) is 17.4 Å². The second kappa shape index (κ2) is 7.40. The Morgan fingerprint density at radius 3 is 2.50 bits per heavy atom. The number of rotatable bonds is 8. The molecular formula is C13H19N5O6. The molecule has 2 aromatic heterocycles. The molecule has 0 aliphatic heterocycles. The number of hydrogen-bond acceptors (Lipinski definition) is 8. The largest absolute Gasteiger partial charge is 0.394 e. The van der Waals surface area contributed by atoms with Gasteiger partial charge in [0.05, 0.1) is 19.8 Å². The number of aliphatic hydroxyl groups excluding tert-OH is 3. The quantitative estimate of drug-likeness (QED) is 0.329. The van der Waals surface area contributed by atoms with Gasteiger partial charge in [0.25, 0.3) is 5.56 Å². The van der Waals surface area contributed by atoms with E-state index in [9.17, 15) is 14.7 Å². The van der Waals surface area contributed by atoms with Crippen molar-refractivity contribution in [2.24, 2.45) is 0 Å². The molecular weight excluding hydrogens is 322 g/mol. The van der Waals surface area contributed by atoms with Gasteiger partial charge >= 0.3 is 5.69 Å². The van der Waals surface area contributed by atoms with Gasteiger partial charge in [0.2, 0.25) is 5.95 Å². The van der Waals surface area contributed by atoms with E-state index >= 15 is 0 Å². The zero-order valence-corrected chi connectivity index (χ0v) is 12.8. The third-order valence-electron chi connectivity index (χ3n) is 3.34. The van der Waals surface area contributed by atoms with E-state index in [-0.39, 0.29) is 23.7 Å². The topological polar surface area (TPSA) is 169 Å². The maximum atomic E-state index is 12.6. The molecule has 2 heterocycles. The molecule has 0 radical (unpaired) electrons. The first-order valence-electron chi connectivity index (χ1n) is 7.07. The SMILES string of the molecule is C=CCn1c(=O)n([C@@H](CO)OC(CO)CO)c2nc(N)[nH]c(=O)c21. The molecule has 0 unspecified atom stereocenters. The zero-order valence-electron chi connectivity index (χ0n) is 12.8. The van der Waals surface area contributed by atoms with Crippen molar-refractivity contribution in [3.8, 4) is 0 Å². The van der Waals surface area contributed by atoms with E-state index in [0.29, 0.717) is 0 Å². The number of ether oxygens (including phenoxy) is 1. The Morgan fingerprint density at radius 1 is 1.29 bits per heavy atom. The molecule has 2 rings (SSSR count). The predicted molar refractivity (Wildman–Crippen MR) is 84.4 cm³/mol. The van der Waals surface area contributed by atoms with Gasteiger partial charge in [-0.3, -0.25) is 14.3 Å². The standard InChI is InChI=1S/C13H19N5O6/c1-2-3-17-9-10(15-12(14)16-11(9)22)18(13(17)23)8(6-21)24-7(4-19)5-20/h2,7-8,19-21H,1,3-6H2,(H3,14,15,16,22)/t8-/m1/s1. The van der Waals surface area contributed by atoms with Gasteiger partial charge in [-0.05, 0) is 0 Å². The number of fused-ring (bicyclic) bond motifs is 1. The summed E-state index contributed by atoms with van der Waals surface area (Å²) in [5.41, 5.74) is 4.08. The van der Waals surface area contributed by atoms with Crippen molar-refractivity contribution in [2.75, 3.05) is 25.6 Å². The summed E-state index contributed by atoms with van der Waals surface area (Å²) in [5.74, 6) is -0.213. The van der Waals surface area contributed by atoms with Crippen LogP contribution < -0.4 is 17.0 Å². The van der Waals surface area contributed by atoms with E-state index in [2.05, 4.69) is 16.5 Å². The number of imidazole rings is 1. The number of aromatic amines is 1. The molecule has 0 aliphatic carbocycles. The highest BCUT2D eigenvalue weighted by molar-refractivity contribution is 5.71. The van der Waals surface area contributed by atoms with E-state index in [0.717, 1.165) is 9.13 Å². The lowest BCUT2D eigenvalue weighted by atomic mass is 10.4. The molecule has 132 valence electrons. The molecule has 0 bridgehead atoms. The summed E-state index contributed by atoms with van der Waals surface area (Å²) >= 11 is 0. The monoisotopic (exact) mass is 341 g/mol. The van der Waals surface area contributed by atoms with E-state index in [1.54, 1.807) is 0 Å². The first-order valence-corrected chi connectivity index (χ1v) is 7.07. The molecule has 11 heteroatoms. The molecule has 24 heavy (non-hydrogen) atoms. The Kier molecular flexibility index (Phi) is 5.51. The van der Waals surface area contributed by atoms with Crippen LogP contribution >= 0.6 is 0 Å². The molecule has 2 aromatic rings. The summed E-state index contributed by atoms with van der Waals surface area (Å²) in [7, 11) is 0. The van der Waals surface area contributed by atoms with Crippen molar-refractivity contribution in [3.63, 3.8) is 0 Å². The summed E-state index contributed by atoms with van der Waals surface area (Å²) in [5, 5.41) is 27.8. The Hall–Kier alpha value is -2.47. The number of H-pyrrole nitrogens is 1. The lowest BCUT2D eigenvalue weighted by Gasteiger charge is -2.21. The second-order valence-electron chi connectivity index (χ2n) is 4.94. The minimum atomic E-state index is -1.27. The van der Waals surface area contributed by atoms with Crippen molar-refractivity contribution in [3.05, 3.63) is 33.5 Å². The van der Waals surface area contributed by atoms with Crippen molar-refractivity contribution < 1.29 is 20.1 Å². The van der Waals surface area contributed by atoms with Crippen molar-refractivity contribution in [2.45, 2.75) is 18.9 Å². The van der Waals surface area contributed by atoms with Gasteiger partial charge in [-0.2, -0.15) is 4.98 Å². The number of aromatic nitrogens is 4. The van der Waals surface area contributed by atoms with Crippen molar-refractivity contribution >= 4 is 17.1 Å². The Balaban J connectivity index is 2.72. The van der Waals surface area contributed by atoms with E-state index in [4.69, 9.17) is 20.7 Å². The minimum Gasteiger partial charge on any atom is -0.394 e. The van der Waals surface area contributed by atoms with E-state index < -0.39 is 43.4 Å². The number of nitrogens with zero attached hydrogens (tertiary/aromatic N) is 3. The minimum absolute atomic E-state index is 0.0264. The van der Waals surface area contributed by atoms with Crippen LogP contribution in [0.25, 0.3) is 11.2 Å². The summed E-state index contributed by atoms with van der Waals surface area (Å²) in [6.45, 7) is 1.85. The van der Waals surface area contributed by atoms with Crippen LogP contribution in [0.2, 0.25) is 0 Å². The molecule has 0 spiro atoms. The van der Waals surface area contributed by atoms with Gasteiger partial charge in [0.1, 0.15) is 6.10 Å². The lowest BCUT2D eigenvalue weighted by Crippen LogP contribution is -2.35. The highest BCUT2D eigenvalue weighted by atomic mass is 16.5. The maximum Gasteiger partial charge on any atom is 0.333 e. The smallest absolute Gasteiger partial charge is 0.333 e. The molecule has 6 N–H and O–H groups in total. The normalized spacial score (nSPS) is 12.8. The van der Waals surface area contributed by atoms with Crippen LogP contribution in [-0.4, -0.2) is 60.3 Å². The Bertz CT molecular complexity index is 834. The molecule has 1 atom stereocenters. The first-order chi connectivity index (χ1) is 11.5. The lowest BCUT2D eigenvalue weighted by molar-refractivity contribution is -0.111. The summed E-state index contributed by atoms with van der Waals surface area (Å²) in [6, 6.07) is 0. The van der Waals surface area contributed by atoms with Crippen LogP contribution in [0.4, 0.5) is 5.95 Å². The maximum absolute atomic E-state index is 12.6. The summed E-state index contributed by atoms with van der Waals surface area (Å²) < 4.78 is 7.38. The number of anilines is 1. The van der Waals surface area contributed by atoms with Gasteiger partial charge < -0.3 is 25.8 Å². The van der Waals surface area contributed by atoms with Crippen molar-refractivity contribution in [1.29, 1.82) is 0 Å². The van der Waals surface area contributed by atoms with Crippen LogP contribution in [0.1, 0.15) is 6.23 Å². The highest BCUT2D eigenvalue weighted by Crippen LogP contribution is 2.16. The average Bonchev–Trinajstić information content (AvgIpc) is 2.82. The van der Waals surface area contributed by atoms with E-state index in [1.807, 2.05) is 0 Å². The zero-order chi connectivity index (χ0) is 17.9. The van der Waals surface area contributed by atoms with Crippen molar-refractivity contribution in [1.82, 2.24) is 19.1 Å². The molecule has 0 saturated carbocycles. The first kappa shape index (κ1) is 17.9. The van der Waals surface area contributed by atoms with Crippen LogP contribution in [0.15, 0.2) is 22.2 Å². The number of nitrogens with one attached hydrogen (secondary N) is 1. The Labute approximate surface area is 135 Å².